The number of hydrogen-bond acceptors (Lipinski definition) is 7. The van der Waals surface area contributed by atoms with Gasteiger partial charge in [-0.25, -0.2) is 9.78 Å². The number of nitrogens with one attached hydrogen (secondary N) is 4. The second-order valence-corrected chi connectivity index (χ2v) is 9.90. The molecule has 4 aromatic rings. The minimum absolute atomic E-state index is 0.0406. The van der Waals surface area contributed by atoms with Gasteiger partial charge in [-0.15, -0.1) is 0 Å². The van der Waals surface area contributed by atoms with Crippen LogP contribution in [0.2, 0.25) is 0 Å². The fraction of sp³-hybridized carbons (Fsp3) is 0.429. The molecule has 2 amide bonds. The first-order valence-corrected chi connectivity index (χ1v) is 13.5. The first-order valence-electron chi connectivity index (χ1n) is 13.5. The first-order chi connectivity index (χ1) is 19.0. The lowest BCUT2D eigenvalue weighted by atomic mass is 10.1. The molecule has 0 bridgehead atoms. The summed E-state index contributed by atoms with van der Waals surface area (Å²) in [4.78, 5) is 35.1. The van der Waals surface area contributed by atoms with Crippen LogP contribution in [0.25, 0.3) is 33.5 Å². The van der Waals surface area contributed by atoms with Crippen molar-refractivity contribution in [3.63, 3.8) is 0 Å². The molecule has 1 saturated heterocycles. The summed E-state index contributed by atoms with van der Waals surface area (Å²) in [6.45, 7) is 8.42. The fourth-order valence-corrected chi connectivity index (χ4v) is 4.52. The molecule has 0 spiro atoms. The van der Waals surface area contributed by atoms with Crippen LogP contribution in [0.5, 0.6) is 0 Å². The summed E-state index contributed by atoms with van der Waals surface area (Å²) < 4.78 is 10.6. The van der Waals surface area contributed by atoms with Gasteiger partial charge in [0.1, 0.15) is 5.69 Å². The number of morpholine rings is 1. The third kappa shape index (κ3) is 6.31. The third-order valence-electron chi connectivity index (χ3n) is 6.83. The summed E-state index contributed by atoms with van der Waals surface area (Å²) >= 11 is 0. The number of rotatable bonds is 10. The quantitative estimate of drug-likeness (QED) is 0.227. The molecule has 1 aliphatic heterocycles. The van der Waals surface area contributed by atoms with Gasteiger partial charge in [-0.2, -0.15) is 5.10 Å². The van der Waals surface area contributed by atoms with Crippen LogP contribution in [-0.2, 0) is 9.47 Å². The van der Waals surface area contributed by atoms with Crippen LogP contribution in [0.1, 0.15) is 37.0 Å². The van der Waals surface area contributed by atoms with Crippen molar-refractivity contribution in [2.45, 2.75) is 26.7 Å². The van der Waals surface area contributed by atoms with E-state index in [4.69, 9.17) is 14.5 Å². The highest BCUT2D eigenvalue weighted by Gasteiger charge is 2.17. The number of amides is 2. The number of anilines is 1. The number of aromatic amines is 2. The van der Waals surface area contributed by atoms with E-state index in [1.165, 1.54) is 0 Å². The Morgan fingerprint density at radius 2 is 1.92 bits per heavy atom. The number of unbranched alkanes of at least 4 members (excludes halogenated alkanes) is 1. The van der Waals surface area contributed by atoms with Gasteiger partial charge in [-0.3, -0.25) is 9.89 Å². The minimum Gasteiger partial charge on any atom is -0.450 e. The maximum atomic E-state index is 12.9. The van der Waals surface area contributed by atoms with E-state index in [1.807, 2.05) is 32.0 Å². The molecular weight excluding hydrogens is 498 g/mol. The Bertz CT molecular complexity index is 1440. The van der Waals surface area contributed by atoms with Crippen LogP contribution in [0.4, 0.5) is 10.5 Å². The molecule has 0 saturated carbocycles. The molecule has 0 aliphatic carbocycles. The van der Waals surface area contributed by atoms with Gasteiger partial charge in [-0.05, 0) is 48.7 Å². The lowest BCUT2D eigenvalue weighted by Gasteiger charge is -2.28. The molecule has 11 nitrogen and oxygen atoms in total. The van der Waals surface area contributed by atoms with Crippen molar-refractivity contribution in [3.8, 4) is 11.5 Å². The van der Waals surface area contributed by atoms with E-state index < -0.39 is 6.09 Å². The zero-order valence-corrected chi connectivity index (χ0v) is 22.4. The number of ether oxygens (including phenoxy) is 2. The van der Waals surface area contributed by atoms with Gasteiger partial charge in [0.15, 0.2) is 5.82 Å². The van der Waals surface area contributed by atoms with Crippen molar-refractivity contribution in [3.05, 3.63) is 42.0 Å². The number of imidazole rings is 1. The standard InChI is InChI=1S/C28H35N7O4/c1-3-4-11-39-28(37)30-17-18(2)16-29-27(36)19-5-7-22-21(14-19)25(34-33-22)26-31-23-8-6-20(15-24(23)32-26)35-9-12-38-13-10-35/h5-8,14-15,18H,3-4,9-13,16-17H2,1-2H3,(H,29,36)(H,30,37)(H,31,32)(H,33,34). The van der Waals surface area contributed by atoms with E-state index in [-0.39, 0.29) is 11.8 Å². The molecule has 206 valence electrons. The molecule has 1 aliphatic rings. The Labute approximate surface area is 226 Å². The lowest BCUT2D eigenvalue weighted by Crippen LogP contribution is -2.36. The zero-order valence-electron chi connectivity index (χ0n) is 22.4. The largest absolute Gasteiger partial charge is 0.450 e. The summed E-state index contributed by atoms with van der Waals surface area (Å²) in [6.07, 6.45) is 1.38. The highest BCUT2D eigenvalue weighted by Crippen LogP contribution is 2.29. The Morgan fingerprint density at radius 3 is 2.74 bits per heavy atom. The maximum absolute atomic E-state index is 12.9. The molecule has 11 heteroatoms. The van der Waals surface area contributed by atoms with E-state index in [9.17, 15) is 9.59 Å². The third-order valence-corrected chi connectivity index (χ3v) is 6.83. The van der Waals surface area contributed by atoms with Gasteiger partial charge in [-0.1, -0.05) is 20.3 Å². The molecule has 4 N–H and O–H groups in total. The minimum atomic E-state index is -0.428. The van der Waals surface area contributed by atoms with Crippen molar-refractivity contribution in [1.29, 1.82) is 0 Å². The van der Waals surface area contributed by atoms with E-state index in [1.54, 1.807) is 6.07 Å². The number of alkyl carbamates (subject to hydrolysis) is 1. The molecule has 1 atom stereocenters. The van der Waals surface area contributed by atoms with Crippen LogP contribution < -0.4 is 15.5 Å². The van der Waals surface area contributed by atoms with Crippen LogP contribution in [-0.4, -0.2) is 78.2 Å². The number of hydrogen-bond donors (Lipinski definition) is 4. The summed E-state index contributed by atoms with van der Waals surface area (Å²) in [5.41, 5.74) is 4.90. The second kappa shape index (κ2) is 12.2. The molecule has 39 heavy (non-hydrogen) atoms. The van der Waals surface area contributed by atoms with Gasteiger partial charge < -0.3 is 30.0 Å². The van der Waals surface area contributed by atoms with Gasteiger partial charge in [0.05, 0.1) is 36.4 Å². The van der Waals surface area contributed by atoms with E-state index >= 15 is 0 Å². The predicted octanol–water partition coefficient (Wildman–Crippen LogP) is 3.84. The SMILES string of the molecule is CCCCOC(=O)NCC(C)CNC(=O)c1ccc2[nH]nc(-c3nc4ccc(N5CCOCC5)cc4[nH]3)c2c1. The fourth-order valence-electron chi connectivity index (χ4n) is 4.52. The number of benzene rings is 2. The average molecular weight is 534 g/mol. The van der Waals surface area contributed by atoms with Crippen LogP contribution in [0, 0.1) is 5.92 Å². The highest BCUT2D eigenvalue weighted by atomic mass is 16.5. The monoisotopic (exact) mass is 533 g/mol. The molecule has 3 heterocycles. The normalized spacial score (nSPS) is 14.5. The molecule has 2 aromatic carbocycles. The van der Waals surface area contributed by atoms with Crippen LogP contribution >= 0.6 is 0 Å². The van der Waals surface area contributed by atoms with Crippen molar-refractivity contribution in [2.75, 3.05) is 50.9 Å². The van der Waals surface area contributed by atoms with E-state index in [2.05, 4.69) is 42.8 Å². The Balaban J connectivity index is 1.24. The van der Waals surface area contributed by atoms with Crippen molar-refractivity contribution in [2.24, 2.45) is 5.92 Å². The number of aromatic nitrogens is 4. The van der Waals surface area contributed by atoms with Crippen LogP contribution in [0.15, 0.2) is 36.4 Å². The van der Waals surface area contributed by atoms with Crippen molar-refractivity contribution >= 4 is 39.6 Å². The van der Waals surface area contributed by atoms with Gasteiger partial charge >= 0.3 is 6.09 Å². The maximum Gasteiger partial charge on any atom is 0.407 e. The molecule has 0 radical (unpaired) electrons. The van der Waals surface area contributed by atoms with Gasteiger partial charge in [0, 0.05) is 42.8 Å². The summed E-state index contributed by atoms with van der Waals surface area (Å²) in [6, 6.07) is 11.6. The molecule has 5 rings (SSSR count). The summed E-state index contributed by atoms with van der Waals surface area (Å²) in [5, 5.41) is 14.0. The number of carbonyl (C=O) groups is 2. The van der Waals surface area contributed by atoms with Crippen molar-refractivity contribution in [1.82, 2.24) is 30.8 Å². The van der Waals surface area contributed by atoms with Crippen LogP contribution in [0.3, 0.4) is 0 Å². The number of carbonyl (C=O) groups excluding carboxylic acids is 2. The molecular formula is C28H35N7O4. The average Bonchev–Trinajstić information content (AvgIpc) is 3.58. The zero-order chi connectivity index (χ0) is 27.2. The van der Waals surface area contributed by atoms with Gasteiger partial charge in [0.25, 0.3) is 5.91 Å². The Kier molecular flexibility index (Phi) is 8.26. The second-order valence-electron chi connectivity index (χ2n) is 9.90. The molecule has 1 fully saturated rings. The highest BCUT2D eigenvalue weighted by molar-refractivity contribution is 6.01. The number of nitrogens with zero attached hydrogens (tertiary/aromatic N) is 3. The predicted molar refractivity (Wildman–Crippen MR) is 150 cm³/mol. The Morgan fingerprint density at radius 1 is 1.10 bits per heavy atom. The molecule has 2 aromatic heterocycles. The van der Waals surface area contributed by atoms with Crippen molar-refractivity contribution < 1.29 is 19.1 Å². The summed E-state index contributed by atoms with van der Waals surface area (Å²) in [7, 11) is 0. The van der Waals surface area contributed by atoms with E-state index in [0.29, 0.717) is 36.8 Å². The molecule has 1 unspecified atom stereocenters. The number of H-pyrrole nitrogens is 2. The first kappa shape index (κ1) is 26.5. The number of fused-ring (bicyclic) bond motifs is 2. The lowest BCUT2D eigenvalue weighted by molar-refractivity contribution is 0.0948. The smallest absolute Gasteiger partial charge is 0.407 e. The van der Waals surface area contributed by atoms with E-state index in [0.717, 1.165) is 66.8 Å². The van der Waals surface area contributed by atoms with Gasteiger partial charge in [0.2, 0.25) is 0 Å². The topological polar surface area (TPSA) is 137 Å². The summed E-state index contributed by atoms with van der Waals surface area (Å²) in [5.74, 6) is 0.485. The Hall–Kier alpha value is -4.12.